The van der Waals surface area contributed by atoms with Crippen LogP contribution in [0.3, 0.4) is 0 Å². The molecule has 1 aliphatic rings. The van der Waals surface area contributed by atoms with Gasteiger partial charge in [-0.05, 0) is 32.9 Å². The molecular formula is C9H17NO. The fourth-order valence-electron chi connectivity index (χ4n) is 1.59. The molecule has 0 saturated carbocycles. The molecular weight excluding hydrogens is 138 g/mol. The lowest BCUT2D eigenvalue weighted by molar-refractivity contribution is 0.0899. The number of rotatable bonds is 1. The maximum Gasteiger partial charge on any atom is 0.0992 e. The van der Waals surface area contributed by atoms with Crippen molar-refractivity contribution in [3.63, 3.8) is 0 Å². The Morgan fingerprint density at radius 2 is 2.27 bits per heavy atom. The van der Waals surface area contributed by atoms with Crippen molar-refractivity contribution in [3.8, 4) is 0 Å². The Bertz CT molecular complexity index is 166. The van der Waals surface area contributed by atoms with Gasteiger partial charge in [0.2, 0.25) is 0 Å². The van der Waals surface area contributed by atoms with Crippen LogP contribution in [0, 0.1) is 0 Å². The number of likely N-dealkylation sites (N-methyl/N-ethyl adjacent to an activating group) is 1. The van der Waals surface area contributed by atoms with E-state index in [0.29, 0.717) is 6.04 Å². The van der Waals surface area contributed by atoms with E-state index in [2.05, 4.69) is 18.4 Å². The smallest absolute Gasteiger partial charge is 0.0992 e. The number of nitrogens with zero attached hydrogens (tertiary/aromatic N) is 1. The molecule has 2 atom stereocenters. The van der Waals surface area contributed by atoms with Crippen LogP contribution in [0.25, 0.3) is 0 Å². The molecule has 64 valence electrons. The SMILES string of the molecule is C=C(C)C1(O)CC(C)N(C)C1. The van der Waals surface area contributed by atoms with Crippen LogP contribution in [-0.4, -0.2) is 35.2 Å². The molecule has 1 fully saturated rings. The van der Waals surface area contributed by atoms with Crippen LogP contribution in [-0.2, 0) is 0 Å². The second kappa shape index (κ2) is 2.61. The predicted molar refractivity (Wildman–Crippen MR) is 46.5 cm³/mol. The maximum atomic E-state index is 9.97. The van der Waals surface area contributed by atoms with Crippen LogP contribution in [0.2, 0.25) is 0 Å². The van der Waals surface area contributed by atoms with Crippen LogP contribution < -0.4 is 0 Å². The second-order valence-electron chi connectivity index (χ2n) is 3.78. The number of likely N-dealkylation sites (tertiary alicyclic amines) is 1. The highest BCUT2D eigenvalue weighted by atomic mass is 16.3. The lowest BCUT2D eigenvalue weighted by Crippen LogP contribution is -2.32. The molecule has 2 heteroatoms. The maximum absolute atomic E-state index is 9.97. The quantitative estimate of drug-likeness (QED) is 0.571. The van der Waals surface area contributed by atoms with Crippen LogP contribution in [0.1, 0.15) is 20.3 Å². The number of aliphatic hydroxyl groups is 1. The van der Waals surface area contributed by atoms with Gasteiger partial charge in [0.1, 0.15) is 0 Å². The van der Waals surface area contributed by atoms with Gasteiger partial charge in [-0.25, -0.2) is 0 Å². The van der Waals surface area contributed by atoms with Gasteiger partial charge in [-0.15, -0.1) is 0 Å². The van der Waals surface area contributed by atoms with Crippen molar-refractivity contribution < 1.29 is 5.11 Å². The molecule has 1 saturated heterocycles. The van der Waals surface area contributed by atoms with E-state index in [1.807, 2.05) is 14.0 Å². The average molecular weight is 155 g/mol. The van der Waals surface area contributed by atoms with Crippen molar-refractivity contribution in [2.24, 2.45) is 0 Å². The molecule has 1 heterocycles. The fourth-order valence-corrected chi connectivity index (χ4v) is 1.59. The van der Waals surface area contributed by atoms with E-state index in [1.165, 1.54) is 0 Å². The van der Waals surface area contributed by atoms with Gasteiger partial charge in [-0.2, -0.15) is 0 Å². The highest BCUT2D eigenvalue weighted by Gasteiger charge is 2.39. The van der Waals surface area contributed by atoms with Crippen molar-refractivity contribution in [2.45, 2.75) is 31.9 Å². The first-order valence-corrected chi connectivity index (χ1v) is 4.04. The summed E-state index contributed by atoms with van der Waals surface area (Å²) in [7, 11) is 2.03. The minimum atomic E-state index is -0.631. The molecule has 0 amide bonds. The highest BCUT2D eigenvalue weighted by molar-refractivity contribution is 5.14. The Kier molecular flexibility index (Phi) is 2.08. The third-order valence-electron chi connectivity index (χ3n) is 2.69. The Morgan fingerprint density at radius 3 is 2.45 bits per heavy atom. The van der Waals surface area contributed by atoms with Crippen molar-refractivity contribution in [1.82, 2.24) is 4.90 Å². The topological polar surface area (TPSA) is 23.5 Å². The predicted octanol–water partition coefficient (Wildman–Crippen LogP) is 1.02. The van der Waals surface area contributed by atoms with Gasteiger partial charge in [-0.3, -0.25) is 0 Å². The van der Waals surface area contributed by atoms with E-state index in [4.69, 9.17) is 0 Å². The first-order chi connectivity index (χ1) is 4.96. The Morgan fingerprint density at radius 1 is 1.73 bits per heavy atom. The lowest BCUT2D eigenvalue weighted by atomic mass is 9.94. The van der Waals surface area contributed by atoms with E-state index in [9.17, 15) is 5.11 Å². The Hall–Kier alpha value is -0.340. The Balaban J connectivity index is 2.71. The van der Waals surface area contributed by atoms with E-state index in [-0.39, 0.29) is 0 Å². The minimum Gasteiger partial charge on any atom is -0.384 e. The summed E-state index contributed by atoms with van der Waals surface area (Å²) in [4.78, 5) is 2.16. The summed E-state index contributed by atoms with van der Waals surface area (Å²) in [6, 6.07) is 0.469. The first-order valence-electron chi connectivity index (χ1n) is 4.04. The highest BCUT2D eigenvalue weighted by Crippen LogP contribution is 2.30. The molecule has 0 radical (unpaired) electrons. The van der Waals surface area contributed by atoms with E-state index in [1.54, 1.807) is 0 Å². The standard InChI is InChI=1S/C9H17NO/c1-7(2)9(11)5-8(3)10(4)6-9/h8,11H,1,5-6H2,2-4H3. The molecule has 0 aromatic heterocycles. The summed E-state index contributed by atoms with van der Waals surface area (Å²) < 4.78 is 0. The van der Waals surface area contributed by atoms with E-state index < -0.39 is 5.60 Å². The molecule has 0 spiro atoms. The van der Waals surface area contributed by atoms with Gasteiger partial charge in [0.25, 0.3) is 0 Å². The van der Waals surface area contributed by atoms with Crippen molar-refractivity contribution in [2.75, 3.05) is 13.6 Å². The summed E-state index contributed by atoms with van der Waals surface area (Å²) >= 11 is 0. The number of hydrogen-bond acceptors (Lipinski definition) is 2. The van der Waals surface area contributed by atoms with Crippen molar-refractivity contribution in [1.29, 1.82) is 0 Å². The zero-order valence-corrected chi connectivity index (χ0v) is 7.59. The summed E-state index contributed by atoms with van der Waals surface area (Å²) in [5, 5.41) is 9.97. The third kappa shape index (κ3) is 1.47. The van der Waals surface area contributed by atoms with E-state index in [0.717, 1.165) is 18.5 Å². The molecule has 1 aliphatic heterocycles. The van der Waals surface area contributed by atoms with Gasteiger partial charge in [0.15, 0.2) is 0 Å². The van der Waals surface area contributed by atoms with Crippen LogP contribution in [0.5, 0.6) is 0 Å². The van der Waals surface area contributed by atoms with Gasteiger partial charge < -0.3 is 10.0 Å². The molecule has 0 aromatic carbocycles. The summed E-state index contributed by atoms with van der Waals surface area (Å²) in [6.45, 7) is 8.55. The Labute approximate surface area is 68.5 Å². The van der Waals surface area contributed by atoms with Crippen molar-refractivity contribution in [3.05, 3.63) is 12.2 Å². The van der Waals surface area contributed by atoms with Gasteiger partial charge in [0.05, 0.1) is 5.60 Å². The second-order valence-corrected chi connectivity index (χ2v) is 3.78. The fraction of sp³-hybridized carbons (Fsp3) is 0.778. The summed E-state index contributed by atoms with van der Waals surface area (Å²) in [6.07, 6.45) is 0.818. The van der Waals surface area contributed by atoms with Gasteiger partial charge in [0, 0.05) is 12.6 Å². The van der Waals surface area contributed by atoms with E-state index >= 15 is 0 Å². The van der Waals surface area contributed by atoms with Crippen LogP contribution in [0.4, 0.5) is 0 Å². The minimum absolute atomic E-state index is 0.469. The molecule has 2 unspecified atom stereocenters. The molecule has 0 aromatic rings. The number of β-amino-alcohol motifs (C(OH)–C–C–N with tert-alkyl or cyclic N) is 1. The summed E-state index contributed by atoms with van der Waals surface area (Å²) in [5.74, 6) is 0. The molecule has 11 heavy (non-hydrogen) atoms. The zero-order valence-electron chi connectivity index (χ0n) is 7.59. The average Bonchev–Trinajstić information content (AvgIpc) is 2.09. The van der Waals surface area contributed by atoms with Crippen LogP contribution >= 0.6 is 0 Å². The molecule has 0 bridgehead atoms. The van der Waals surface area contributed by atoms with Crippen LogP contribution in [0.15, 0.2) is 12.2 Å². The van der Waals surface area contributed by atoms with Gasteiger partial charge >= 0.3 is 0 Å². The first kappa shape index (κ1) is 8.75. The molecule has 1 rings (SSSR count). The largest absolute Gasteiger partial charge is 0.384 e. The monoisotopic (exact) mass is 155 g/mol. The molecule has 0 aliphatic carbocycles. The zero-order chi connectivity index (χ0) is 8.65. The van der Waals surface area contributed by atoms with Crippen molar-refractivity contribution >= 4 is 0 Å². The third-order valence-corrected chi connectivity index (χ3v) is 2.69. The summed E-state index contributed by atoms with van der Waals surface area (Å²) in [5.41, 5.74) is 0.252. The normalized spacial score (nSPS) is 39.5. The number of hydrogen-bond donors (Lipinski definition) is 1. The molecule has 2 nitrogen and oxygen atoms in total. The lowest BCUT2D eigenvalue weighted by Gasteiger charge is -2.22. The van der Waals surface area contributed by atoms with Gasteiger partial charge in [-0.1, -0.05) is 6.58 Å². The molecule has 1 N–H and O–H groups in total.